The molecular weight excluding hydrogens is 708 g/mol. The van der Waals surface area contributed by atoms with Crippen LogP contribution in [0.4, 0.5) is 0 Å². The van der Waals surface area contributed by atoms with Gasteiger partial charge in [0, 0.05) is 0 Å². The van der Waals surface area contributed by atoms with Crippen LogP contribution in [0.15, 0.2) is 97.1 Å². The summed E-state index contributed by atoms with van der Waals surface area (Å²) >= 11 is 0. The summed E-state index contributed by atoms with van der Waals surface area (Å²) in [5.41, 5.74) is 8.61. The minimum absolute atomic E-state index is 0.0258. The van der Waals surface area contributed by atoms with E-state index in [1.165, 1.54) is 16.7 Å². The van der Waals surface area contributed by atoms with Crippen LogP contribution in [0.25, 0.3) is 32.7 Å². The minimum atomic E-state index is -5.96. The Labute approximate surface area is 334 Å². The van der Waals surface area contributed by atoms with Crippen molar-refractivity contribution in [1.29, 1.82) is 0 Å². The van der Waals surface area contributed by atoms with Gasteiger partial charge in [-0.05, 0) is 0 Å². The first-order valence-corrected chi connectivity index (χ1v) is 22.5. The summed E-state index contributed by atoms with van der Waals surface area (Å²) in [5.74, 6) is 0.777. The average molecular weight is 769 g/mol. The van der Waals surface area contributed by atoms with Crippen LogP contribution in [0.5, 0.6) is 0 Å². The molecule has 3 N–H and O–H groups in total. The first-order chi connectivity index (χ1) is 26.2. The predicted octanol–water partition coefficient (Wildman–Crippen LogP) is 12.9. The summed E-state index contributed by atoms with van der Waals surface area (Å²) < 4.78 is 0. The van der Waals surface area contributed by atoms with Crippen LogP contribution in [0.3, 0.4) is 0 Å². The van der Waals surface area contributed by atoms with Gasteiger partial charge in [-0.2, -0.15) is 0 Å². The molecule has 0 aliphatic carbocycles. The second-order valence-electron chi connectivity index (χ2n) is 17.8. The van der Waals surface area contributed by atoms with Crippen LogP contribution < -0.4 is 10.6 Å². The molecular formula is C51H61O4P. The zero-order chi connectivity index (χ0) is 41.0. The molecule has 6 aromatic carbocycles. The molecule has 0 atom stereocenters. The molecule has 0 bridgehead atoms. The maximum absolute atomic E-state index is 14.1. The topological polar surface area (TPSA) is 77.8 Å². The third-order valence-electron chi connectivity index (χ3n) is 11.6. The van der Waals surface area contributed by atoms with Gasteiger partial charge in [-0.25, -0.2) is 0 Å². The van der Waals surface area contributed by atoms with Crippen LogP contribution in [0.1, 0.15) is 168 Å². The van der Waals surface area contributed by atoms with E-state index in [2.05, 4.69) is 106 Å². The summed E-state index contributed by atoms with van der Waals surface area (Å²) in [5, 5.41) is 4.26. The molecule has 4 nitrogen and oxygen atoms in total. The van der Waals surface area contributed by atoms with E-state index in [4.69, 9.17) is 0 Å². The first-order valence-electron chi connectivity index (χ1n) is 20.4. The standard InChI is InChI=1S/C51H61O4P/c1-29(2)37-20-39-25-43(33(9)10)47(27-45(39)41(23-37)31(5)6)48-22-36(51(52)35-16-14-13-15-17-35)18-19-49(48)56(53,54,55)50-28-46-40(26-44(50)34(11)12)21-38(30(3)4)24-42(46)32(7)8/h13-34,53-55H,1-12H3. The van der Waals surface area contributed by atoms with Gasteiger partial charge in [-0.1, -0.05) is 0 Å². The zero-order valence-corrected chi connectivity index (χ0v) is 36.3. The van der Waals surface area contributed by atoms with Crippen molar-refractivity contribution in [2.75, 3.05) is 0 Å². The van der Waals surface area contributed by atoms with Gasteiger partial charge in [0.2, 0.25) is 0 Å². The monoisotopic (exact) mass is 768 g/mol. The number of benzene rings is 6. The van der Waals surface area contributed by atoms with Crippen LogP contribution in [-0.2, 0) is 0 Å². The molecule has 0 aromatic heterocycles. The van der Waals surface area contributed by atoms with E-state index >= 15 is 0 Å². The summed E-state index contributed by atoms with van der Waals surface area (Å²) in [7, 11) is -5.96. The zero-order valence-electron chi connectivity index (χ0n) is 35.4. The number of carbonyl (C=O) groups excluding carboxylic acids is 1. The van der Waals surface area contributed by atoms with Crippen molar-refractivity contribution in [3.8, 4) is 11.1 Å². The van der Waals surface area contributed by atoms with E-state index in [9.17, 15) is 19.5 Å². The molecule has 0 heterocycles. The van der Waals surface area contributed by atoms with Crippen molar-refractivity contribution in [2.45, 2.75) is 119 Å². The summed E-state index contributed by atoms with van der Waals surface area (Å²) in [4.78, 5) is 53.1. The van der Waals surface area contributed by atoms with E-state index in [-0.39, 0.29) is 40.1 Å². The molecule has 0 saturated heterocycles. The predicted molar refractivity (Wildman–Crippen MR) is 241 cm³/mol. The van der Waals surface area contributed by atoms with Crippen LogP contribution in [0.2, 0.25) is 0 Å². The molecule has 0 fully saturated rings. The molecule has 0 spiro atoms. The number of ketones is 1. The Morgan fingerprint density at radius 3 is 1.39 bits per heavy atom. The Morgan fingerprint density at radius 1 is 0.429 bits per heavy atom. The number of rotatable bonds is 11. The third-order valence-corrected chi connectivity index (χ3v) is 14.2. The Kier molecular flexibility index (Phi) is 11.3. The second-order valence-corrected chi connectivity index (χ2v) is 20.8. The van der Waals surface area contributed by atoms with Gasteiger partial charge in [0.25, 0.3) is 0 Å². The fourth-order valence-corrected chi connectivity index (χ4v) is 10.6. The fraction of sp³-hybridized carbons (Fsp3) is 0.353. The Hall–Kier alpha value is -4.18. The molecule has 294 valence electrons. The molecule has 0 unspecified atom stereocenters. The van der Waals surface area contributed by atoms with Crippen molar-refractivity contribution < 1.29 is 19.5 Å². The summed E-state index contributed by atoms with van der Waals surface area (Å²) in [6, 6.07) is 31.3. The SMILES string of the molecule is CC(C)c1cc(C(C)C)c2cc(-c3cc(C(=O)c4ccccc4)ccc3P(O)(O)(O)c3cc4c(C(C)C)cc(C(C)C)cc4cc3C(C)C)c(C(C)C)cc2c1. The van der Waals surface area contributed by atoms with Crippen molar-refractivity contribution in [2.24, 2.45) is 0 Å². The summed E-state index contributed by atoms with van der Waals surface area (Å²) in [6.07, 6.45) is 0. The molecule has 0 aliphatic heterocycles. The number of hydrogen-bond donors (Lipinski definition) is 3. The fourth-order valence-electron chi connectivity index (χ4n) is 8.24. The van der Waals surface area contributed by atoms with Crippen LogP contribution in [0, 0.1) is 0 Å². The van der Waals surface area contributed by atoms with Crippen molar-refractivity contribution >= 4 is 45.2 Å². The molecule has 56 heavy (non-hydrogen) atoms. The Balaban J connectivity index is 1.75. The van der Waals surface area contributed by atoms with Crippen molar-refractivity contribution in [3.63, 3.8) is 0 Å². The number of hydrogen-bond acceptors (Lipinski definition) is 4. The van der Waals surface area contributed by atoms with E-state index < -0.39 is 7.28 Å². The normalized spacial score (nSPS) is 13.3. The van der Waals surface area contributed by atoms with Crippen molar-refractivity contribution in [1.82, 2.24) is 0 Å². The average Bonchev–Trinajstić information content (AvgIpc) is 3.15. The first kappa shape index (κ1) is 41.5. The van der Waals surface area contributed by atoms with Gasteiger partial charge >= 0.3 is 336 Å². The Morgan fingerprint density at radius 2 is 0.911 bits per heavy atom. The van der Waals surface area contributed by atoms with Gasteiger partial charge in [0.1, 0.15) is 0 Å². The third kappa shape index (κ3) is 7.62. The van der Waals surface area contributed by atoms with Crippen LogP contribution in [-0.4, -0.2) is 20.5 Å². The van der Waals surface area contributed by atoms with E-state index in [1.807, 2.05) is 44.2 Å². The van der Waals surface area contributed by atoms with Gasteiger partial charge in [0.05, 0.1) is 0 Å². The Bertz CT molecular complexity index is 2440. The van der Waals surface area contributed by atoms with Gasteiger partial charge in [0.15, 0.2) is 0 Å². The molecule has 0 amide bonds. The number of carbonyl (C=O) groups is 1. The molecule has 6 aromatic rings. The molecule has 0 radical (unpaired) electrons. The summed E-state index contributed by atoms with van der Waals surface area (Å²) in [6.45, 7) is 25.8. The van der Waals surface area contributed by atoms with E-state index in [0.717, 1.165) is 38.2 Å². The van der Waals surface area contributed by atoms with Gasteiger partial charge < -0.3 is 0 Å². The molecule has 0 saturated carbocycles. The van der Waals surface area contributed by atoms with Crippen molar-refractivity contribution in [3.05, 3.63) is 142 Å². The van der Waals surface area contributed by atoms with E-state index in [1.54, 1.807) is 30.3 Å². The van der Waals surface area contributed by atoms with Crippen LogP contribution >= 0.6 is 7.28 Å². The van der Waals surface area contributed by atoms with E-state index in [0.29, 0.717) is 34.1 Å². The number of fused-ring (bicyclic) bond motifs is 2. The second kappa shape index (κ2) is 15.3. The quantitative estimate of drug-likeness (QED) is 0.0906. The molecule has 6 rings (SSSR count). The molecule has 0 aliphatic rings. The van der Waals surface area contributed by atoms with Gasteiger partial charge in [-0.15, -0.1) is 0 Å². The van der Waals surface area contributed by atoms with Gasteiger partial charge in [-0.3, -0.25) is 0 Å². The maximum atomic E-state index is 14.1. The molecule has 5 heteroatoms.